The van der Waals surface area contributed by atoms with Crippen LogP contribution in [0.2, 0.25) is 0 Å². The number of alkyl carbamates (subject to hydrolysis) is 1. The number of hydrogen-bond acceptors (Lipinski definition) is 5. The van der Waals surface area contributed by atoms with Gasteiger partial charge in [0.05, 0.1) is 5.69 Å². The van der Waals surface area contributed by atoms with Crippen molar-refractivity contribution in [3.05, 3.63) is 17.0 Å². The minimum atomic E-state index is -0.508. The van der Waals surface area contributed by atoms with Crippen LogP contribution >= 0.6 is 24.0 Å². The number of ether oxygens (including phenoxy) is 1. The lowest BCUT2D eigenvalue weighted by Gasteiger charge is -2.29. The molecule has 0 aliphatic carbocycles. The van der Waals surface area contributed by atoms with Gasteiger partial charge in [-0.2, -0.15) is 0 Å². The molecule has 9 heteroatoms. The second-order valence-corrected chi connectivity index (χ2v) is 9.27. The van der Waals surface area contributed by atoms with Gasteiger partial charge in [0.25, 0.3) is 0 Å². The predicted octanol–water partition coefficient (Wildman–Crippen LogP) is 4.46. The third-order valence-corrected chi connectivity index (χ3v) is 5.00. The Morgan fingerprint density at radius 3 is 2.32 bits per heavy atom. The van der Waals surface area contributed by atoms with Crippen molar-refractivity contribution in [2.45, 2.75) is 79.4 Å². The van der Waals surface area contributed by atoms with Gasteiger partial charge >= 0.3 is 6.09 Å². The predicted molar refractivity (Wildman–Crippen MR) is 136 cm³/mol. The molecular formula is C22H42IN5O3. The Balaban J connectivity index is 0.00000900. The number of aromatic nitrogens is 1. The van der Waals surface area contributed by atoms with Crippen LogP contribution in [-0.2, 0) is 4.74 Å². The van der Waals surface area contributed by atoms with Crippen LogP contribution in [-0.4, -0.2) is 60.9 Å². The summed E-state index contributed by atoms with van der Waals surface area (Å²) >= 11 is 0. The number of guanidine groups is 1. The average Bonchev–Trinajstić information content (AvgIpc) is 2.95. The maximum absolute atomic E-state index is 12.2. The second kappa shape index (κ2) is 13.1. The topological polar surface area (TPSA) is 92.0 Å². The van der Waals surface area contributed by atoms with Crippen LogP contribution in [0.4, 0.5) is 4.79 Å². The summed E-state index contributed by atoms with van der Waals surface area (Å²) in [5, 5.41) is 10.5. The number of carbonyl (C=O) groups is 1. The Morgan fingerprint density at radius 2 is 1.87 bits per heavy atom. The maximum atomic E-state index is 12.2. The SMILES string of the molecule is CN=C(NCC(C)c1c(C)noc1C)N(C)CCC(NC(=O)OC(C)(C)C)C(C)C.I. The lowest BCUT2D eigenvalue weighted by atomic mass is 9.99. The van der Waals surface area contributed by atoms with E-state index >= 15 is 0 Å². The fourth-order valence-corrected chi connectivity index (χ4v) is 3.39. The van der Waals surface area contributed by atoms with E-state index in [-0.39, 0.29) is 42.0 Å². The summed E-state index contributed by atoms with van der Waals surface area (Å²) in [5.41, 5.74) is 1.56. The number of aryl methyl sites for hydroxylation is 2. The van der Waals surface area contributed by atoms with Gasteiger partial charge in [0.2, 0.25) is 0 Å². The summed E-state index contributed by atoms with van der Waals surface area (Å²) in [6.07, 6.45) is 0.410. The standard InChI is InChI=1S/C22H41N5O3.HI/c1-14(2)18(25-21(28)29-22(6,7)8)11-12-27(10)20(23-9)24-13-15(3)19-16(4)26-30-17(19)5;/h14-15,18H,11-13H2,1-10H3,(H,23,24)(H,25,28);1H. The number of halogens is 1. The molecule has 31 heavy (non-hydrogen) atoms. The van der Waals surface area contributed by atoms with Gasteiger partial charge in [0.1, 0.15) is 11.4 Å². The van der Waals surface area contributed by atoms with Crippen molar-refractivity contribution in [3.8, 4) is 0 Å². The monoisotopic (exact) mass is 551 g/mol. The lowest BCUT2D eigenvalue weighted by molar-refractivity contribution is 0.0486. The van der Waals surface area contributed by atoms with Gasteiger partial charge in [0.15, 0.2) is 5.96 Å². The third kappa shape index (κ3) is 10.1. The summed E-state index contributed by atoms with van der Waals surface area (Å²) in [7, 11) is 3.78. The van der Waals surface area contributed by atoms with E-state index in [1.807, 2.05) is 41.7 Å². The smallest absolute Gasteiger partial charge is 0.407 e. The van der Waals surface area contributed by atoms with Crippen LogP contribution in [0.1, 0.15) is 70.9 Å². The molecule has 0 bridgehead atoms. The van der Waals surface area contributed by atoms with Crippen LogP contribution in [0.15, 0.2) is 9.52 Å². The summed E-state index contributed by atoms with van der Waals surface area (Å²) in [4.78, 5) is 18.6. The number of nitrogens with zero attached hydrogens (tertiary/aromatic N) is 3. The van der Waals surface area contributed by atoms with Gasteiger partial charge in [-0.3, -0.25) is 4.99 Å². The zero-order valence-electron chi connectivity index (χ0n) is 20.8. The molecule has 8 nitrogen and oxygen atoms in total. The molecule has 0 radical (unpaired) electrons. The largest absolute Gasteiger partial charge is 0.444 e. The maximum Gasteiger partial charge on any atom is 0.407 e. The first-order chi connectivity index (χ1) is 13.9. The summed E-state index contributed by atoms with van der Waals surface area (Å²) in [6, 6.07) is 0.0154. The highest BCUT2D eigenvalue weighted by atomic mass is 127. The summed E-state index contributed by atoms with van der Waals surface area (Å²) in [5.74, 6) is 2.21. The van der Waals surface area contributed by atoms with Gasteiger partial charge < -0.3 is 24.8 Å². The molecule has 180 valence electrons. The average molecular weight is 552 g/mol. The highest BCUT2D eigenvalue weighted by molar-refractivity contribution is 14.0. The molecule has 2 atom stereocenters. The van der Waals surface area contributed by atoms with Crippen LogP contribution in [0.5, 0.6) is 0 Å². The number of hydrogen-bond donors (Lipinski definition) is 2. The number of rotatable bonds is 8. The molecule has 1 heterocycles. The molecular weight excluding hydrogens is 509 g/mol. The first kappa shape index (κ1) is 29.5. The highest BCUT2D eigenvalue weighted by Gasteiger charge is 2.22. The van der Waals surface area contributed by atoms with Crippen molar-refractivity contribution in [2.75, 3.05) is 27.2 Å². The number of amides is 1. The fraction of sp³-hybridized carbons (Fsp3) is 0.773. The number of carbonyl (C=O) groups excluding carboxylic acids is 1. The quantitative estimate of drug-likeness (QED) is 0.282. The van der Waals surface area contributed by atoms with E-state index in [9.17, 15) is 4.79 Å². The first-order valence-corrected chi connectivity index (χ1v) is 10.7. The Bertz CT molecular complexity index is 693. The zero-order chi connectivity index (χ0) is 23.1. The van der Waals surface area contributed by atoms with E-state index in [4.69, 9.17) is 9.26 Å². The van der Waals surface area contributed by atoms with E-state index in [0.29, 0.717) is 5.92 Å². The van der Waals surface area contributed by atoms with Crippen LogP contribution in [0.3, 0.4) is 0 Å². The molecule has 0 saturated heterocycles. The van der Waals surface area contributed by atoms with Gasteiger partial charge in [0, 0.05) is 44.7 Å². The first-order valence-electron chi connectivity index (χ1n) is 10.7. The number of nitrogens with one attached hydrogen (secondary N) is 2. The molecule has 1 rings (SSSR count). The Labute approximate surface area is 205 Å². The Morgan fingerprint density at radius 1 is 1.26 bits per heavy atom. The molecule has 0 aromatic carbocycles. The highest BCUT2D eigenvalue weighted by Crippen LogP contribution is 2.22. The molecule has 1 aromatic rings. The second-order valence-electron chi connectivity index (χ2n) is 9.27. The van der Waals surface area contributed by atoms with E-state index in [0.717, 1.165) is 42.5 Å². The third-order valence-electron chi connectivity index (χ3n) is 5.00. The normalized spacial score (nSPS) is 14.0. The Hall–Kier alpha value is -1.52. The molecule has 0 fully saturated rings. The van der Waals surface area contributed by atoms with E-state index < -0.39 is 5.60 Å². The van der Waals surface area contributed by atoms with Gasteiger partial charge in [-0.25, -0.2) is 4.79 Å². The summed E-state index contributed by atoms with van der Waals surface area (Å²) < 4.78 is 10.7. The number of aliphatic imine (C=N–C) groups is 1. The van der Waals surface area contributed by atoms with Crippen LogP contribution in [0.25, 0.3) is 0 Å². The van der Waals surface area contributed by atoms with E-state index in [2.05, 4.69) is 46.5 Å². The molecule has 1 aromatic heterocycles. The lowest BCUT2D eigenvalue weighted by Crippen LogP contribution is -2.45. The zero-order valence-corrected chi connectivity index (χ0v) is 23.2. The molecule has 0 saturated carbocycles. The van der Waals surface area contributed by atoms with Crippen LogP contribution in [0, 0.1) is 19.8 Å². The van der Waals surface area contributed by atoms with E-state index in [1.165, 1.54) is 0 Å². The van der Waals surface area contributed by atoms with Gasteiger partial charge in [-0.1, -0.05) is 25.9 Å². The van der Waals surface area contributed by atoms with Crippen molar-refractivity contribution in [1.82, 2.24) is 20.7 Å². The minimum Gasteiger partial charge on any atom is -0.444 e. The van der Waals surface area contributed by atoms with Crippen molar-refractivity contribution in [1.29, 1.82) is 0 Å². The van der Waals surface area contributed by atoms with Crippen molar-refractivity contribution in [2.24, 2.45) is 10.9 Å². The van der Waals surface area contributed by atoms with Gasteiger partial charge in [-0.05, 0) is 47.0 Å². The molecule has 2 N–H and O–H groups in total. The van der Waals surface area contributed by atoms with Gasteiger partial charge in [-0.15, -0.1) is 24.0 Å². The molecule has 1 amide bonds. The fourth-order valence-electron chi connectivity index (χ4n) is 3.39. The van der Waals surface area contributed by atoms with E-state index in [1.54, 1.807) is 7.05 Å². The van der Waals surface area contributed by atoms with Crippen molar-refractivity contribution in [3.63, 3.8) is 0 Å². The molecule has 0 aliphatic heterocycles. The molecule has 2 unspecified atom stereocenters. The van der Waals surface area contributed by atoms with Crippen LogP contribution < -0.4 is 10.6 Å². The molecule has 0 spiro atoms. The van der Waals surface area contributed by atoms with Crippen molar-refractivity contribution >= 4 is 36.0 Å². The molecule has 0 aliphatic rings. The minimum absolute atomic E-state index is 0. The Kier molecular flexibility index (Phi) is 12.5. The summed E-state index contributed by atoms with van der Waals surface area (Å²) in [6.45, 7) is 17.3. The van der Waals surface area contributed by atoms with Crippen molar-refractivity contribution < 1.29 is 14.1 Å².